The normalized spacial score (nSPS) is 16.1. The first kappa shape index (κ1) is 16.7. The Morgan fingerprint density at radius 2 is 1.96 bits per heavy atom. The lowest BCUT2D eigenvalue weighted by Crippen LogP contribution is -2.55. The van der Waals surface area contributed by atoms with Crippen LogP contribution in [0.5, 0.6) is 0 Å². The molecule has 1 N–H and O–H groups in total. The smallest absolute Gasteiger partial charge is 0.289 e. The van der Waals surface area contributed by atoms with E-state index in [0.29, 0.717) is 12.2 Å². The first-order chi connectivity index (χ1) is 11.6. The summed E-state index contributed by atoms with van der Waals surface area (Å²) in [7, 11) is 0. The molecule has 128 valence electrons. The van der Waals surface area contributed by atoms with E-state index in [4.69, 9.17) is 9.26 Å². The zero-order valence-corrected chi connectivity index (χ0v) is 14.1. The predicted molar refractivity (Wildman–Crippen MR) is 90.7 cm³/mol. The van der Waals surface area contributed by atoms with Crippen LogP contribution in [0.4, 0.5) is 0 Å². The Morgan fingerprint density at radius 3 is 2.67 bits per heavy atom. The van der Waals surface area contributed by atoms with Gasteiger partial charge in [0.05, 0.1) is 13.2 Å². The molecule has 1 saturated heterocycles. The molecule has 0 bridgehead atoms. The molecule has 1 aromatic carbocycles. The Labute approximate surface area is 141 Å². The summed E-state index contributed by atoms with van der Waals surface area (Å²) in [6, 6.07) is 11.3. The maximum Gasteiger partial charge on any atom is 0.289 e. The molecule has 1 amide bonds. The molecular weight excluding hydrogens is 306 g/mol. The highest BCUT2D eigenvalue weighted by Crippen LogP contribution is 2.19. The summed E-state index contributed by atoms with van der Waals surface area (Å²) >= 11 is 0. The van der Waals surface area contributed by atoms with E-state index in [0.717, 1.165) is 31.9 Å². The zero-order chi connectivity index (χ0) is 17.0. The fourth-order valence-electron chi connectivity index (χ4n) is 2.79. The van der Waals surface area contributed by atoms with Gasteiger partial charge in [-0.15, -0.1) is 0 Å². The molecule has 1 aromatic heterocycles. The molecule has 0 unspecified atom stereocenters. The zero-order valence-electron chi connectivity index (χ0n) is 14.1. The van der Waals surface area contributed by atoms with Gasteiger partial charge < -0.3 is 14.6 Å². The molecule has 3 rings (SSSR count). The van der Waals surface area contributed by atoms with Crippen LogP contribution in [0, 0.1) is 0 Å². The quantitative estimate of drug-likeness (QED) is 0.911. The van der Waals surface area contributed by atoms with Crippen molar-refractivity contribution in [2.24, 2.45) is 0 Å². The monoisotopic (exact) mass is 329 g/mol. The maximum absolute atomic E-state index is 12.3. The highest BCUT2D eigenvalue weighted by Gasteiger charge is 2.29. The van der Waals surface area contributed by atoms with Crippen molar-refractivity contribution in [3.63, 3.8) is 0 Å². The molecule has 6 heteroatoms. The van der Waals surface area contributed by atoms with Crippen molar-refractivity contribution in [2.75, 3.05) is 32.8 Å². The molecule has 1 fully saturated rings. The van der Waals surface area contributed by atoms with Gasteiger partial charge in [0, 0.05) is 36.8 Å². The van der Waals surface area contributed by atoms with E-state index in [-0.39, 0.29) is 17.2 Å². The van der Waals surface area contributed by atoms with Gasteiger partial charge in [0.25, 0.3) is 5.91 Å². The topological polar surface area (TPSA) is 67.6 Å². The van der Waals surface area contributed by atoms with Crippen molar-refractivity contribution in [1.82, 2.24) is 15.4 Å². The molecule has 0 radical (unpaired) electrons. The van der Waals surface area contributed by atoms with Crippen molar-refractivity contribution in [1.29, 1.82) is 0 Å². The number of nitrogens with one attached hydrogen (secondary N) is 1. The number of carbonyl (C=O) groups is 1. The van der Waals surface area contributed by atoms with Crippen LogP contribution < -0.4 is 5.32 Å². The average Bonchev–Trinajstić information content (AvgIpc) is 3.11. The summed E-state index contributed by atoms with van der Waals surface area (Å²) in [5.74, 6) is -0.0161. The Balaban J connectivity index is 1.60. The minimum atomic E-state index is -0.244. The molecule has 0 spiro atoms. The number of amides is 1. The summed E-state index contributed by atoms with van der Waals surface area (Å²) in [4.78, 5) is 14.7. The average molecular weight is 329 g/mol. The van der Waals surface area contributed by atoms with E-state index in [9.17, 15) is 4.79 Å². The van der Waals surface area contributed by atoms with Crippen LogP contribution in [0.3, 0.4) is 0 Å². The van der Waals surface area contributed by atoms with Gasteiger partial charge in [-0.25, -0.2) is 0 Å². The lowest BCUT2D eigenvalue weighted by atomic mass is 10.0. The summed E-state index contributed by atoms with van der Waals surface area (Å²) < 4.78 is 10.6. The highest BCUT2D eigenvalue weighted by molar-refractivity contribution is 5.92. The van der Waals surface area contributed by atoms with Crippen LogP contribution in [0.15, 0.2) is 40.9 Å². The van der Waals surface area contributed by atoms with Crippen LogP contribution in [0.2, 0.25) is 0 Å². The molecule has 0 saturated carbocycles. The number of hydrogen-bond donors (Lipinski definition) is 1. The number of rotatable bonds is 5. The van der Waals surface area contributed by atoms with Gasteiger partial charge in [-0.05, 0) is 13.8 Å². The first-order valence-electron chi connectivity index (χ1n) is 8.19. The lowest BCUT2D eigenvalue weighted by molar-refractivity contribution is -0.00931. The van der Waals surface area contributed by atoms with Crippen LogP contribution in [-0.4, -0.2) is 54.4 Å². The lowest BCUT2D eigenvalue weighted by Gasteiger charge is -2.40. The van der Waals surface area contributed by atoms with Crippen LogP contribution in [0.25, 0.3) is 11.3 Å². The Bertz CT molecular complexity index is 676. The summed E-state index contributed by atoms with van der Waals surface area (Å²) in [6.45, 7) is 8.00. The number of morpholine rings is 1. The van der Waals surface area contributed by atoms with Crippen molar-refractivity contribution >= 4 is 5.91 Å². The standard InChI is InChI=1S/C18H23N3O3/c1-18(2,21-8-10-23-11-9-21)13-19-17(22)16-12-15(20-24-16)14-6-4-3-5-7-14/h3-7,12H,8-11,13H2,1-2H3,(H,19,22). The number of carbonyl (C=O) groups excluding carboxylic acids is 1. The summed E-state index contributed by atoms with van der Waals surface area (Å²) in [5.41, 5.74) is 1.45. The largest absolute Gasteiger partial charge is 0.379 e. The van der Waals surface area contributed by atoms with Gasteiger partial charge in [0.15, 0.2) is 0 Å². The third kappa shape index (κ3) is 3.83. The molecule has 6 nitrogen and oxygen atoms in total. The summed E-state index contributed by atoms with van der Waals surface area (Å²) in [5, 5.41) is 6.93. The number of aromatic nitrogens is 1. The van der Waals surface area contributed by atoms with Gasteiger partial charge in [-0.3, -0.25) is 9.69 Å². The van der Waals surface area contributed by atoms with Crippen LogP contribution >= 0.6 is 0 Å². The molecule has 2 heterocycles. The fraction of sp³-hybridized carbons (Fsp3) is 0.444. The van der Waals surface area contributed by atoms with E-state index in [1.807, 2.05) is 30.3 Å². The van der Waals surface area contributed by atoms with Crippen molar-refractivity contribution in [2.45, 2.75) is 19.4 Å². The van der Waals surface area contributed by atoms with Gasteiger partial charge in [0.1, 0.15) is 5.69 Å². The molecule has 24 heavy (non-hydrogen) atoms. The van der Waals surface area contributed by atoms with E-state index >= 15 is 0 Å². The van der Waals surface area contributed by atoms with Gasteiger partial charge in [-0.1, -0.05) is 35.5 Å². The van der Waals surface area contributed by atoms with E-state index in [2.05, 4.69) is 29.2 Å². The third-order valence-electron chi connectivity index (χ3n) is 4.35. The van der Waals surface area contributed by atoms with E-state index in [1.54, 1.807) is 6.07 Å². The molecule has 1 aliphatic rings. The Hall–Kier alpha value is -2.18. The third-order valence-corrected chi connectivity index (χ3v) is 4.35. The van der Waals surface area contributed by atoms with Crippen molar-refractivity contribution in [3.8, 4) is 11.3 Å². The first-order valence-corrected chi connectivity index (χ1v) is 8.19. The minimum Gasteiger partial charge on any atom is -0.379 e. The predicted octanol–water partition coefficient (Wildman–Crippen LogP) is 2.18. The Morgan fingerprint density at radius 1 is 1.25 bits per heavy atom. The molecular formula is C18H23N3O3. The summed E-state index contributed by atoms with van der Waals surface area (Å²) in [6.07, 6.45) is 0. The second kappa shape index (κ2) is 7.15. The van der Waals surface area contributed by atoms with Gasteiger partial charge >= 0.3 is 0 Å². The molecule has 1 aliphatic heterocycles. The fourth-order valence-corrected chi connectivity index (χ4v) is 2.79. The molecule has 0 aliphatic carbocycles. The van der Waals surface area contributed by atoms with Gasteiger partial charge in [-0.2, -0.15) is 0 Å². The minimum absolute atomic E-state index is 0.137. The second-order valence-corrected chi connectivity index (χ2v) is 6.54. The Kier molecular flexibility index (Phi) is 4.97. The molecule has 0 atom stereocenters. The highest BCUT2D eigenvalue weighted by atomic mass is 16.5. The van der Waals surface area contributed by atoms with E-state index in [1.165, 1.54) is 0 Å². The van der Waals surface area contributed by atoms with E-state index < -0.39 is 0 Å². The number of nitrogens with zero attached hydrogens (tertiary/aromatic N) is 2. The molecule has 2 aromatic rings. The van der Waals surface area contributed by atoms with Crippen molar-refractivity contribution in [3.05, 3.63) is 42.2 Å². The SMILES string of the molecule is CC(C)(CNC(=O)c1cc(-c2ccccc2)no1)N1CCOCC1. The van der Waals surface area contributed by atoms with Crippen LogP contribution in [0.1, 0.15) is 24.4 Å². The number of hydrogen-bond acceptors (Lipinski definition) is 5. The van der Waals surface area contributed by atoms with Crippen LogP contribution in [-0.2, 0) is 4.74 Å². The second-order valence-electron chi connectivity index (χ2n) is 6.54. The number of ether oxygens (including phenoxy) is 1. The van der Waals surface area contributed by atoms with Crippen molar-refractivity contribution < 1.29 is 14.1 Å². The number of benzene rings is 1. The van der Waals surface area contributed by atoms with Gasteiger partial charge in [0.2, 0.25) is 5.76 Å². The maximum atomic E-state index is 12.3.